The number of ether oxygens (including phenoxy) is 1. The second-order valence-electron chi connectivity index (χ2n) is 7.67. The van der Waals surface area contributed by atoms with Crippen LogP contribution in [0.5, 0.6) is 5.75 Å². The molecule has 0 aliphatic rings. The third kappa shape index (κ3) is 3.71. The van der Waals surface area contributed by atoms with Crippen molar-refractivity contribution in [2.45, 2.75) is 13.5 Å². The van der Waals surface area contributed by atoms with Crippen molar-refractivity contribution in [3.05, 3.63) is 88.7 Å². The number of aromatic nitrogens is 4. The second-order valence-corrected chi connectivity index (χ2v) is 7.67. The first kappa shape index (κ1) is 20.4. The summed E-state index contributed by atoms with van der Waals surface area (Å²) in [6.45, 7) is 1.81. The molecule has 0 aliphatic carbocycles. The van der Waals surface area contributed by atoms with Crippen LogP contribution in [0.15, 0.2) is 77.6 Å². The summed E-state index contributed by atoms with van der Waals surface area (Å²) in [7, 11) is 1.62. The highest BCUT2D eigenvalue weighted by Crippen LogP contribution is 2.24. The summed E-state index contributed by atoms with van der Waals surface area (Å²) in [5.74, 6) is 1.68. The summed E-state index contributed by atoms with van der Waals surface area (Å²) in [6.07, 6.45) is 0. The molecule has 5 aromatic rings. The van der Waals surface area contributed by atoms with Crippen molar-refractivity contribution >= 4 is 28.3 Å². The number of fused-ring (bicyclic) bond motifs is 3. The van der Waals surface area contributed by atoms with E-state index < -0.39 is 0 Å². The molecule has 0 fully saturated rings. The maximum Gasteiger partial charge on any atom is 0.263 e. The fraction of sp³-hybridized carbons (Fsp3) is 0.120. The molecule has 33 heavy (non-hydrogen) atoms. The quantitative estimate of drug-likeness (QED) is 0.451. The van der Waals surface area contributed by atoms with Gasteiger partial charge < -0.3 is 10.1 Å². The van der Waals surface area contributed by atoms with Crippen LogP contribution in [0.1, 0.15) is 12.5 Å². The van der Waals surface area contributed by atoms with Crippen LogP contribution in [0.25, 0.3) is 28.1 Å². The SMILES string of the molecule is COc1ccc(Cn2c(=O)c3ccccc3n3c(-c4ccc(NC(C)=O)cc4)nnc23)cc1. The van der Waals surface area contributed by atoms with E-state index in [0.717, 1.165) is 22.4 Å². The maximum absolute atomic E-state index is 13.4. The van der Waals surface area contributed by atoms with E-state index in [4.69, 9.17) is 4.74 Å². The number of carbonyl (C=O) groups excluding carboxylic acids is 1. The summed E-state index contributed by atoms with van der Waals surface area (Å²) < 4.78 is 8.76. The zero-order valence-electron chi connectivity index (χ0n) is 18.1. The van der Waals surface area contributed by atoms with Crippen molar-refractivity contribution in [3.8, 4) is 17.1 Å². The van der Waals surface area contributed by atoms with Crippen LogP contribution in [0.2, 0.25) is 0 Å². The molecule has 2 aromatic heterocycles. The van der Waals surface area contributed by atoms with Gasteiger partial charge in [0.25, 0.3) is 5.56 Å². The topological polar surface area (TPSA) is 90.5 Å². The summed E-state index contributed by atoms with van der Waals surface area (Å²) in [5.41, 5.74) is 3.06. The van der Waals surface area contributed by atoms with Crippen LogP contribution in [-0.2, 0) is 11.3 Å². The molecule has 8 nitrogen and oxygen atoms in total. The van der Waals surface area contributed by atoms with Gasteiger partial charge in [0.1, 0.15) is 5.75 Å². The zero-order valence-corrected chi connectivity index (χ0v) is 18.1. The molecule has 0 unspecified atom stereocenters. The summed E-state index contributed by atoms with van der Waals surface area (Å²) in [5, 5.41) is 12.1. The lowest BCUT2D eigenvalue weighted by Crippen LogP contribution is -2.24. The predicted molar refractivity (Wildman–Crippen MR) is 127 cm³/mol. The van der Waals surface area contributed by atoms with Gasteiger partial charge in [0.2, 0.25) is 11.7 Å². The van der Waals surface area contributed by atoms with Crippen LogP contribution < -0.4 is 15.6 Å². The monoisotopic (exact) mass is 439 g/mol. The average molecular weight is 439 g/mol. The molecule has 0 bridgehead atoms. The minimum atomic E-state index is -0.135. The third-order valence-corrected chi connectivity index (χ3v) is 5.47. The molecule has 8 heteroatoms. The molecule has 0 atom stereocenters. The maximum atomic E-state index is 13.4. The summed E-state index contributed by atoms with van der Waals surface area (Å²) >= 11 is 0. The van der Waals surface area contributed by atoms with Crippen molar-refractivity contribution < 1.29 is 9.53 Å². The van der Waals surface area contributed by atoms with E-state index in [1.165, 1.54) is 6.92 Å². The van der Waals surface area contributed by atoms with Crippen LogP contribution in [0.4, 0.5) is 5.69 Å². The van der Waals surface area contributed by atoms with Gasteiger partial charge in [-0.3, -0.25) is 18.6 Å². The zero-order chi connectivity index (χ0) is 22.9. The number of carbonyl (C=O) groups is 1. The Balaban J connectivity index is 1.69. The average Bonchev–Trinajstić information content (AvgIpc) is 3.27. The van der Waals surface area contributed by atoms with Crippen LogP contribution in [0, 0.1) is 0 Å². The number of anilines is 1. The molecule has 0 spiro atoms. The van der Waals surface area contributed by atoms with Gasteiger partial charge in [-0.25, -0.2) is 0 Å². The highest BCUT2D eigenvalue weighted by Gasteiger charge is 2.18. The van der Waals surface area contributed by atoms with Crippen molar-refractivity contribution in [1.82, 2.24) is 19.2 Å². The minimum absolute atomic E-state index is 0.131. The predicted octanol–water partition coefficient (Wildman–Crippen LogP) is 3.73. The van der Waals surface area contributed by atoms with E-state index in [1.54, 1.807) is 11.7 Å². The molecule has 1 N–H and O–H groups in total. The number of methoxy groups -OCH3 is 1. The molecule has 1 amide bonds. The van der Waals surface area contributed by atoms with Gasteiger partial charge >= 0.3 is 0 Å². The lowest BCUT2D eigenvalue weighted by atomic mass is 10.1. The largest absolute Gasteiger partial charge is 0.497 e. The van der Waals surface area contributed by atoms with Gasteiger partial charge in [-0.15, -0.1) is 10.2 Å². The Kier molecular flexibility index (Phi) is 5.10. The number of nitrogens with zero attached hydrogens (tertiary/aromatic N) is 4. The van der Waals surface area contributed by atoms with Gasteiger partial charge in [-0.2, -0.15) is 0 Å². The molecule has 2 heterocycles. The Morgan fingerprint density at radius 1 is 0.970 bits per heavy atom. The van der Waals surface area contributed by atoms with E-state index in [0.29, 0.717) is 29.2 Å². The van der Waals surface area contributed by atoms with Crippen LogP contribution >= 0.6 is 0 Å². The number of rotatable bonds is 5. The molecule has 0 saturated heterocycles. The van der Waals surface area contributed by atoms with E-state index in [9.17, 15) is 9.59 Å². The molecular weight excluding hydrogens is 418 g/mol. The number of nitrogens with one attached hydrogen (secondary N) is 1. The number of para-hydroxylation sites is 1. The molecular formula is C25H21N5O3. The van der Waals surface area contributed by atoms with E-state index >= 15 is 0 Å². The Labute approximate surface area is 189 Å². The molecule has 0 radical (unpaired) electrons. The van der Waals surface area contributed by atoms with Gasteiger partial charge in [-0.05, 0) is 54.1 Å². The van der Waals surface area contributed by atoms with E-state index in [-0.39, 0.29) is 11.5 Å². The smallest absolute Gasteiger partial charge is 0.263 e. The van der Waals surface area contributed by atoms with Gasteiger partial charge in [0.05, 0.1) is 24.6 Å². The van der Waals surface area contributed by atoms with Crippen LogP contribution in [-0.4, -0.2) is 32.2 Å². The first-order valence-electron chi connectivity index (χ1n) is 10.4. The Hall–Kier alpha value is -4.46. The number of hydrogen-bond acceptors (Lipinski definition) is 5. The first-order chi connectivity index (χ1) is 16.0. The van der Waals surface area contributed by atoms with Crippen LogP contribution in [0.3, 0.4) is 0 Å². The third-order valence-electron chi connectivity index (χ3n) is 5.47. The molecule has 5 rings (SSSR count). The molecule has 3 aromatic carbocycles. The number of hydrogen-bond donors (Lipinski definition) is 1. The van der Waals surface area contributed by atoms with Gasteiger partial charge in [0, 0.05) is 18.2 Å². The number of benzene rings is 3. The molecule has 0 aliphatic heterocycles. The van der Waals surface area contributed by atoms with Crippen molar-refractivity contribution in [3.63, 3.8) is 0 Å². The van der Waals surface area contributed by atoms with Crippen molar-refractivity contribution in [1.29, 1.82) is 0 Å². The normalized spacial score (nSPS) is 11.1. The molecule has 164 valence electrons. The van der Waals surface area contributed by atoms with Crippen molar-refractivity contribution in [2.24, 2.45) is 0 Å². The number of amides is 1. The second kappa shape index (κ2) is 8.23. The lowest BCUT2D eigenvalue weighted by Gasteiger charge is -2.12. The van der Waals surface area contributed by atoms with Gasteiger partial charge in [0.15, 0.2) is 5.82 Å². The van der Waals surface area contributed by atoms with E-state index in [1.807, 2.05) is 77.2 Å². The first-order valence-corrected chi connectivity index (χ1v) is 10.4. The van der Waals surface area contributed by atoms with E-state index in [2.05, 4.69) is 15.5 Å². The van der Waals surface area contributed by atoms with Gasteiger partial charge in [-0.1, -0.05) is 24.3 Å². The Morgan fingerprint density at radius 3 is 2.39 bits per heavy atom. The lowest BCUT2D eigenvalue weighted by molar-refractivity contribution is -0.114. The van der Waals surface area contributed by atoms with Crippen molar-refractivity contribution in [2.75, 3.05) is 12.4 Å². The minimum Gasteiger partial charge on any atom is -0.497 e. The highest BCUT2D eigenvalue weighted by molar-refractivity contribution is 5.89. The Morgan fingerprint density at radius 2 is 1.70 bits per heavy atom. The fourth-order valence-electron chi connectivity index (χ4n) is 3.91. The Bertz CT molecular complexity index is 1530. The summed E-state index contributed by atoms with van der Waals surface area (Å²) in [4.78, 5) is 24.7. The standard InChI is InChI=1S/C25H21N5O3/c1-16(31)26-19-11-9-18(10-12-19)23-27-28-25-29(15-17-7-13-20(33-2)14-8-17)24(32)21-5-3-4-6-22(21)30(23)25/h3-14H,15H2,1-2H3,(H,26,31). The highest BCUT2D eigenvalue weighted by atomic mass is 16.5. The fourth-order valence-corrected chi connectivity index (χ4v) is 3.91. The molecule has 0 saturated carbocycles. The summed E-state index contributed by atoms with van der Waals surface area (Å²) in [6, 6.07) is 22.4.